The molecular weight excluding hydrogens is 274 g/mol. The first-order valence-corrected chi connectivity index (χ1v) is 5.79. The zero-order valence-electron chi connectivity index (χ0n) is 9.75. The minimum Gasteiger partial charge on any atom is -0.363 e. The maximum atomic E-state index is 13.5. The minimum atomic E-state index is -0.853. The fourth-order valence-electron chi connectivity index (χ4n) is 1.52. The van der Waals surface area contributed by atoms with Crippen molar-refractivity contribution in [2.24, 2.45) is 5.84 Å². The molecule has 0 saturated heterocycles. The molecule has 4 nitrogen and oxygen atoms in total. The first kappa shape index (κ1) is 13.5. The zero-order valence-corrected chi connectivity index (χ0v) is 10.5. The summed E-state index contributed by atoms with van der Waals surface area (Å²) in [4.78, 5) is 3.70. The summed E-state index contributed by atoms with van der Waals surface area (Å²) in [5.41, 5.74) is 2.90. The number of nitrogens with zero attached hydrogens (tertiary/aromatic N) is 1. The van der Waals surface area contributed by atoms with Crippen molar-refractivity contribution in [3.63, 3.8) is 0 Å². The lowest BCUT2D eigenvalue weighted by molar-refractivity contribution is 0.578. The van der Waals surface area contributed by atoms with Gasteiger partial charge in [0.25, 0.3) is 0 Å². The van der Waals surface area contributed by atoms with Gasteiger partial charge in [-0.25, -0.2) is 19.6 Å². The number of rotatable bonds is 4. The Morgan fingerprint density at radius 2 is 1.89 bits per heavy atom. The number of anilines is 2. The number of hydrogen-bond donors (Lipinski definition) is 3. The second kappa shape index (κ2) is 5.81. The number of nitrogen functional groups attached to an aromatic ring is 1. The highest BCUT2D eigenvalue weighted by Crippen LogP contribution is 2.19. The van der Waals surface area contributed by atoms with Gasteiger partial charge in [0.2, 0.25) is 0 Å². The lowest BCUT2D eigenvalue weighted by atomic mass is 10.2. The van der Waals surface area contributed by atoms with Gasteiger partial charge in [0.15, 0.2) is 23.3 Å². The van der Waals surface area contributed by atoms with Gasteiger partial charge in [0.1, 0.15) is 0 Å². The molecule has 0 spiro atoms. The molecule has 1 aromatic heterocycles. The molecule has 19 heavy (non-hydrogen) atoms. The highest BCUT2D eigenvalue weighted by atomic mass is 35.5. The number of nitrogens with one attached hydrogen (secondary N) is 2. The van der Waals surface area contributed by atoms with E-state index in [0.29, 0.717) is 17.6 Å². The zero-order chi connectivity index (χ0) is 13.8. The molecule has 0 aliphatic rings. The smallest absolute Gasteiger partial charge is 0.178 e. The van der Waals surface area contributed by atoms with Crippen LogP contribution in [-0.2, 0) is 6.54 Å². The average molecular weight is 285 g/mol. The van der Waals surface area contributed by atoms with Gasteiger partial charge in [-0.15, -0.1) is 0 Å². The third-order valence-corrected chi connectivity index (χ3v) is 2.65. The van der Waals surface area contributed by atoms with Crippen LogP contribution in [0.15, 0.2) is 30.3 Å². The molecule has 1 heterocycles. The van der Waals surface area contributed by atoms with Crippen LogP contribution >= 0.6 is 11.6 Å². The molecule has 4 N–H and O–H groups in total. The Morgan fingerprint density at radius 1 is 1.16 bits per heavy atom. The fraction of sp³-hybridized carbons (Fsp3) is 0.0833. The van der Waals surface area contributed by atoms with Crippen LogP contribution in [0, 0.1) is 11.6 Å². The van der Waals surface area contributed by atoms with E-state index in [4.69, 9.17) is 17.4 Å². The van der Waals surface area contributed by atoms with E-state index < -0.39 is 11.6 Å². The molecule has 100 valence electrons. The van der Waals surface area contributed by atoms with Crippen molar-refractivity contribution in [3.05, 3.63) is 52.6 Å². The van der Waals surface area contributed by atoms with Crippen LogP contribution in [0.25, 0.3) is 0 Å². The summed E-state index contributed by atoms with van der Waals surface area (Å²) in [6.45, 7) is 0.306. The predicted molar refractivity (Wildman–Crippen MR) is 70.7 cm³/mol. The molecule has 0 saturated carbocycles. The van der Waals surface area contributed by atoms with Gasteiger partial charge in [0.05, 0.1) is 0 Å². The molecule has 0 atom stereocenters. The van der Waals surface area contributed by atoms with Crippen LogP contribution in [0.4, 0.5) is 20.4 Å². The van der Waals surface area contributed by atoms with Crippen LogP contribution in [0.1, 0.15) is 5.56 Å². The van der Waals surface area contributed by atoms with Crippen molar-refractivity contribution in [2.45, 2.75) is 6.54 Å². The summed E-state index contributed by atoms with van der Waals surface area (Å²) in [5.74, 6) is 3.11. The summed E-state index contributed by atoms with van der Waals surface area (Å²) in [6, 6.07) is 7.78. The van der Waals surface area contributed by atoms with Crippen LogP contribution in [-0.4, -0.2) is 4.98 Å². The molecule has 0 fully saturated rings. The average Bonchev–Trinajstić information content (AvgIpc) is 2.38. The van der Waals surface area contributed by atoms with E-state index in [2.05, 4.69) is 15.7 Å². The molecular formula is C12H11ClF2N4. The summed E-state index contributed by atoms with van der Waals surface area (Å²) in [6.07, 6.45) is 0. The van der Waals surface area contributed by atoms with E-state index in [1.807, 2.05) is 6.07 Å². The third-order valence-electron chi connectivity index (χ3n) is 2.42. The van der Waals surface area contributed by atoms with Gasteiger partial charge in [-0.2, -0.15) is 0 Å². The molecule has 2 rings (SSSR count). The maximum Gasteiger partial charge on any atom is 0.178 e. The molecule has 0 bridgehead atoms. The number of aromatic nitrogens is 1. The lowest BCUT2D eigenvalue weighted by Crippen LogP contribution is -2.13. The van der Waals surface area contributed by atoms with Gasteiger partial charge in [-0.3, -0.25) is 0 Å². The molecule has 2 aromatic rings. The van der Waals surface area contributed by atoms with Crippen LogP contribution < -0.4 is 16.6 Å². The normalized spacial score (nSPS) is 10.3. The second-order valence-electron chi connectivity index (χ2n) is 3.78. The van der Waals surface area contributed by atoms with E-state index in [9.17, 15) is 8.78 Å². The van der Waals surface area contributed by atoms with Crippen LogP contribution in [0.3, 0.4) is 0 Å². The molecule has 1 aromatic carbocycles. The molecule has 0 aliphatic heterocycles. The summed E-state index contributed by atoms with van der Waals surface area (Å²) >= 11 is 5.83. The number of benzene rings is 1. The Balaban J connectivity index is 2.15. The number of nitrogens with two attached hydrogens (primary N) is 1. The van der Waals surface area contributed by atoms with E-state index in [1.165, 1.54) is 0 Å². The van der Waals surface area contributed by atoms with Crippen molar-refractivity contribution >= 4 is 23.2 Å². The lowest BCUT2D eigenvalue weighted by Gasteiger charge is -2.09. The van der Waals surface area contributed by atoms with E-state index in [1.54, 1.807) is 18.2 Å². The van der Waals surface area contributed by atoms with Crippen LogP contribution in [0.2, 0.25) is 5.02 Å². The van der Waals surface area contributed by atoms with Gasteiger partial charge >= 0.3 is 0 Å². The van der Waals surface area contributed by atoms with Crippen molar-refractivity contribution in [1.29, 1.82) is 0 Å². The topological polar surface area (TPSA) is 63.0 Å². The van der Waals surface area contributed by atoms with E-state index in [0.717, 1.165) is 5.56 Å². The Morgan fingerprint density at radius 3 is 2.58 bits per heavy atom. The first-order chi connectivity index (χ1) is 9.10. The number of halogens is 3. The summed E-state index contributed by atoms with van der Waals surface area (Å²) < 4.78 is 26.6. The SMILES string of the molecule is NNc1nc(NCc2cccc(Cl)c2)c(F)cc1F. The van der Waals surface area contributed by atoms with Gasteiger partial charge in [-0.1, -0.05) is 23.7 Å². The monoisotopic (exact) mass is 284 g/mol. The van der Waals surface area contributed by atoms with Crippen molar-refractivity contribution in [1.82, 2.24) is 4.98 Å². The van der Waals surface area contributed by atoms with Crippen molar-refractivity contribution in [3.8, 4) is 0 Å². The van der Waals surface area contributed by atoms with Gasteiger partial charge < -0.3 is 10.7 Å². The highest BCUT2D eigenvalue weighted by Gasteiger charge is 2.10. The molecule has 0 aliphatic carbocycles. The predicted octanol–water partition coefficient (Wildman–Crippen LogP) is 2.91. The molecule has 0 unspecified atom stereocenters. The van der Waals surface area contributed by atoms with Crippen LogP contribution in [0.5, 0.6) is 0 Å². The Kier molecular flexibility index (Phi) is 4.13. The first-order valence-electron chi connectivity index (χ1n) is 5.41. The largest absolute Gasteiger partial charge is 0.363 e. The molecule has 0 amide bonds. The highest BCUT2D eigenvalue weighted by molar-refractivity contribution is 6.30. The summed E-state index contributed by atoms with van der Waals surface area (Å²) in [5, 5.41) is 3.33. The molecule has 7 heteroatoms. The van der Waals surface area contributed by atoms with Gasteiger partial charge in [0, 0.05) is 17.6 Å². The standard InChI is InChI=1S/C12H11ClF2N4/c13-8-3-1-2-7(4-8)6-17-11-9(14)5-10(15)12(18-11)19-16/h1-5H,6,16H2,(H2,17,18,19). The molecule has 0 radical (unpaired) electrons. The number of pyridine rings is 1. The van der Waals surface area contributed by atoms with E-state index in [-0.39, 0.29) is 11.6 Å². The minimum absolute atomic E-state index is 0.0886. The maximum absolute atomic E-state index is 13.5. The van der Waals surface area contributed by atoms with Crippen molar-refractivity contribution < 1.29 is 8.78 Å². The Bertz CT molecular complexity index is 592. The van der Waals surface area contributed by atoms with E-state index >= 15 is 0 Å². The number of hydrazine groups is 1. The van der Waals surface area contributed by atoms with Gasteiger partial charge in [-0.05, 0) is 17.7 Å². The number of hydrogen-bond acceptors (Lipinski definition) is 4. The Labute approximate surface area is 113 Å². The second-order valence-corrected chi connectivity index (χ2v) is 4.21. The summed E-state index contributed by atoms with van der Waals surface area (Å²) in [7, 11) is 0. The quantitative estimate of drug-likeness (QED) is 0.597. The Hall–Kier alpha value is -1.92. The fourth-order valence-corrected chi connectivity index (χ4v) is 1.74. The van der Waals surface area contributed by atoms with Crippen molar-refractivity contribution in [2.75, 3.05) is 10.7 Å². The third kappa shape index (κ3) is 3.30.